The van der Waals surface area contributed by atoms with Gasteiger partial charge in [0.1, 0.15) is 0 Å². The topological polar surface area (TPSA) is 44.4 Å². The molecule has 3 aliphatic heterocycles. The van der Waals surface area contributed by atoms with Crippen LogP contribution in [0.3, 0.4) is 0 Å². The molecule has 21 heavy (non-hydrogen) atoms. The van der Waals surface area contributed by atoms with Gasteiger partial charge >= 0.3 is 0 Å². The average molecular weight is 415 g/mol. The zero-order chi connectivity index (χ0) is 14.8. The molecule has 1 amide bonds. The van der Waals surface area contributed by atoms with Gasteiger partial charge in [0.2, 0.25) is 0 Å². The van der Waals surface area contributed by atoms with E-state index in [2.05, 4.69) is 38.1 Å². The molecule has 1 unspecified atom stereocenters. The van der Waals surface area contributed by atoms with E-state index in [0.29, 0.717) is 22.6 Å². The summed E-state index contributed by atoms with van der Waals surface area (Å²) in [7, 11) is 0. The van der Waals surface area contributed by atoms with Crippen LogP contribution < -0.4 is 10.6 Å². The molecule has 0 aliphatic carbocycles. The van der Waals surface area contributed by atoms with Gasteiger partial charge in [-0.25, -0.2) is 0 Å². The number of nitrogens with zero attached hydrogens (tertiary/aromatic N) is 1. The van der Waals surface area contributed by atoms with E-state index in [0.717, 1.165) is 10.1 Å². The number of amides is 1. The minimum atomic E-state index is -0.140. The molecule has 0 aromatic heterocycles. The number of fused-ring (bicyclic) bond motifs is 3. The van der Waals surface area contributed by atoms with E-state index in [1.54, 1.807) is 0 Å². The average Bonchev–Trinajstić information content (AvgIpc) is 2.48. The molecule has 3 fully saturated rings. The predicted molar refractivity (Wildman–Crippen MR) is 95.3 cm³/mol. The van der Waals surface area contributed by atoms with E-state index in [1.165, 1.54) is 25.9 Å². The number of carbonyl (C=O) groups excluding carboxylic acids is 1. The van der Waals surface area contributed by atoms with Crippen molar-refractivity contribution in [1.82, 2.24) is 15.5 Å². The number of piperidine rings is 3. The van der Waals surface area contributed by atoms with Crippen molar-refractivity contribution in [3.63, 3.8) is 0 Å². The molecule has 0 saturated carbocycles. The predicted octanol–water partition coefficient (Wildman–Crippen LogP) is 1.99. The van der Waals surface area contributed by atoms with Gasteiger partial charge in [0.25, 0.3) is 5.91 Å². The van der Waals surface area contributed by atoms with Gasteiger partial charge in [-0.2, -0.15) is 0 Å². The SMILES string of the molecule is O=C(NC(=S)NC1CN2CCC1CC2)c1ccccc1I. The molecule has 2 bridgehead atoms. The van der Waals surface area contributed by atoms with Crippen molar-refractivity contribution in [1.29, 1.82) is 0 Å². The standard InChI is InChI=1S/C15H18IN3OS/c16-12-4-2-1-3-11(12)14(20)18-15(21)17-13-9-19-7-5-10(13)6-8-19/h1-4,10,13H,5-9H2,(H2,17,18,20,21). The molecule has 1 atom stereocenters. The first-order chi connectivity index (χ1) is 10.1. The first-order valence-electron chi connectivity index (χ1n) is 7.22. The number of nitrogens with one attached hydrogen (secondary N) is 2. The van der Waals surface area contributed by atoms with Crippen LogP contribution in [0.15, 0.2) is 24.3 Å². The lowest BCUT2D eigenvalue weighted by Crippen LogP contribution is -2.59. The number of hydrogen-bond acceptors (Lipinski definition) is 3. The molecule has 4 rings (SSSR count). The van der Waals surface area contributed by atoms with Gasteiger partial charge in [-0.05, 0) is 78.8 Å². The molecular weight excluding hydrogens is 397 g/mol. The number of hydrogen-bond donors (Lipinski definition) is 2. The smallest absolute Gasteiger partial charge is 0.258 e. The highest BCUT2D eigenvalue weighted by atomic mass is 127. The van der Waals surface area contributed by atoms with Gasteiger partial charge in [0.05, 0.1) is 5.56 Å². The van der Waals surface area contributed by atoms with Crippen LogP contribution in [-0.2, 0) is 0 Å². The van der Waals surface area contributed by atoms with Gasteiger partial charge in [-0.3, -0.25) is 10.1 Å². The van der Waals surface area contributed by atoms with Crippen LogP contribution >= 0.6 is 34.8 Å². The number of rotatable bonds is 2. The number of halogens is 1. The van der Waals surface area contributed by atoms with Gasteiger partial charge < -0.3 is 10.2 Å². The van der Waals surface area contributed by atoms with E-state index in [1.807, 2.05) is 24.3 Å². The molecule has 4 nitrogen and oxygen atoms in total. The molecule has 0 radical (unpaired) electrons. The van der Waals surface area contributed by atoms with Gasteiger partial charge in [0.15, 0.2) is 5.11 Å². The van der Waals surface area contributed by atoms with Crippen molar-refractivity contribution in [3.8, 4) is 0 Å². The van der Waals surface area contributed by atoms with Gasteiger partial charge in [-0.15, -0.1) is 0 Å². The summed E-state index contributed by atoms with van der Waals surface area (Å²) < 4.78 is 0.929. The first kappa shape index (κ1) is 15.2. The van der Waals surface area contributed by atoms with Crippen LogP contribution in [0.5, 0.6) is 0 Å². The Balaban J connectivity index is 1.57. The highest BCUT2D eigenvalue weighted by Gasteiger charge is 2.34. The molecule has 1 aromatic carbocycles. The zero-order valence-electron chi connectivity index (χ0n) is 11.6. The quantitative estimate of drug-likeness (QED) is 0.573. The van der Waals surface area contributed by atoms with Gasteiger partial charge in [0, 0.05) is 16.2 Å². The lowest BCUT2D eigenvalue weighted by molar-refractivity contribution is 0.0807. The van der Waals surface area contributed by atoms with E-state index in [9.17, 15) is 4.79 Å². The maximum Gasteiger partial charge on any atom is 0.258 e. The first-order valence-corrected chi connectivity index (χ1v) is 8.71. The largest absolute Gasteiger partial charge is 0.358 e. The third kappa shape index (κ3) is 3.54. The summed E-state index contributed by atoms with van der Waals surface area (Å²) in [4.78, 5) is 14.7. The summed E-state index contributed by atoms with van der Waals surface area (Å²) in [5.41, 5.74) is 0.663. The monoisotopic (exact) mass is 415 g/mol. The van der Waals surface area contributed by atoms with E-state index in [-0.39, 0.29) is 5.91 Å². The van der Waals surface area contributed by atoms with Crippen molar-refractivity contribution in [3.05, 3.63) is 33.4 Å². The van der Waals surface area contributed by atoms with Crippen LogP contribution in [0.2, 0.25) is 0 Å². The van der Waals surface area contributed by atoms with Crippen LogP contribution in [-0.4, -0.2) is 41.6 Å². The Bertz CT molecular complexity index is 558. The second-order valence-electron chi connectivity index (χ2n) is 5.65. The van der Waals surface area contributed by atoms with E-state index >= 15 is 0 Å². The lowest BCUT2D eigenvalue weighted by Gasteiger charge is -2.45. The summed E-state index contributed by atoms with van der Waals surface area (Å²) >= 11 is 7.47. The fraction of sp³-hybridized carbons (Fsp3) is 0.467. The molecule has 3 aliphatic rings. The van der Waals surface area contributed by atoms with E-state index < -0.39 is 0 Å². The number of benzene rings is 1. The molecule has 3 heterocycles. The Morgan fingerprint density at radius 3 is 2.62 bits per heavy atom. The summed E-state index contributed by atoms with van der Waals surface area (Å²) in [5, 5.41) is 6.57. The van der Waals surface area contributed by atoms with Crippen LogP contribution in [0, 0.1) is 9.49 Å². The Morgan fingerprint density at radius 1 is 1.29 bits per heavy atom. The molecule has 3 saturated heterocycles. The third-order valence-electron chi connectivity index (χ3n) is 4.32. The maximum atomic E-state index is 12.2. The normalized spacial score (nSPS) is 27.2. The second-order valence-corrected chi connectivity index (χ2v) is 7.22. The summed E-state index contributed by atoms with van der Waals surface area (Å²) in [6.07, 6.45) is 2.45. The molecule has 112 valence electrons. The lowest BCUT2D eigenvalue weighted by atomic mass is 9.84. The Kier molecular flexibility index (Phi) is 4.75. The Labute approximate surface area is 143 Å². The zero-order valence-corrected chi connectivity index (χ0v) is 14.6. The molecule has 1 aromatic rings. The van der Waals surface area contributed by atoms with Crippen LogP contribution in [0.4, 0.5) is 0 Å². The molecule has 2 N–H and O–H groups in total. The maximum absolute atomic E-state index is 12.2. The van der Waals surface area contributed by atoms with Crippen molar-refractivity contribution >= 4 is 45.8 Å². The van der Waals surface area contributed by atoms with Crippen molar-refractivity contribution in [2.45, 2.75) is 18.9 Å². The highest BCUT2D eigenvalue weighted by molar-refractivity contribution is 14.1. The van der Waals surface area contributed by atoms with Crippen LogP contribution in [0.25, 0.3) is 0 Å². The molecule has 0 spiro atoms. The minimum absolute atomic E-state index is 0.140. The van der Waals surface area contributed by atoms with Crippen molar-refractivity contribution < 1.29 is 4.79 Å². The van der Waals surface area contributed by atoms with Crippen molar-refractivity contribution in [2.75, 3.05) is 19.6 Å². The third-order valence-corrected chi connectivity index (χ3v) is 5.48. The molecule has 6 heteroatoms. The van der Waals surface area contributed by atoms with Crippen LogP contribution in [0.1, 0.15) is 23.2 Å². The van der Waals surface area contributed by atoms with Gasteiger partial charge in [-0.1, -0.05) is 12.1 Å². The Hall–Kier alpha value is -0.730. The Morgan fingerprint density at radius 2 is 2.00 bits per heavy atom. The fourth-order valence-electron chi connectivity index (χ4n) is 3.15. The summed E-state index contributed by atoms with van der Waals surface area (Å²) in [6.45, 7) is 3.43. The summed E-state index contributed by atoms with van der Waals surface area (Å²) in [5.74, 6) is 0.542. The fourth-order valence-corrected chi connectivity index (χ4v) is 4.03. The second kappa shape index (κ2) is 6.58. The number of carbonyl (C=O) groups is 1. The summed E-state index contributed by atoms with van der Waals surface area (Å²) in [6, 6.07) is 7.88. The molecular formula is C15H18IN3OS. The highest BCUT2D eigenvalue weighted by Crippen LogP contribution is 2.27. The minimum Gasteiger partial charge on any atom is -0.358 e. The van der Waals surface area contributed by atoms with E-state index in [4.69, 9.17) is 12.2 Å². The van der Waals surface area contributed by atoms with Crippen molar-refractivity contribution in [2.24, 2.45) is 5.92 Å². The number of thiocarbonyl (C=S) groups is 1.